The van der Waals surface area contributed by atoms with Gasteiger partial charge in [0.2, 0.25) is 0 Å². The second kappa shape index (κ2) is 3.59. The van der Waals surface area contributed by atoms with Crippen LogP contribution in [0, 0.1) is 11.6 Å². The number of benzene rings is 1. The van der Waals surface area contributed by atoms with E-state index in [4.69, 9.17) is 0 Å². The van der Waals surface area contributed by atoms with E-state index in [2.05, 4.69) is 0 Å². The van der Waals surface area contributed by atoms with Crippen molar-refractivity contribution in [2.45, 2.75) is 13.3 Å². The largest absolute Gasteiger partial charge is 0.515 e. The van der Waals surface area contributed by atoms with E-state index in [1.165, 1.54) is 0 Å². The van der Waals surface area contributed by atoms with Crippen molar-refractivity contribution in [2.24, 2.45) is 0 Å². The monoisotopic (exact) mass is 209 g/mol. The Bertz CT molecular complexity index is 321. The van der Waals surface area contributed by atoms with E-state index in [0.717, 1.165) is 0 Å². The zero-order chi connectivity index (χ0) is 10.9. The Morgan fingerprint density at radius 3 is 1.79 bits per heavy atom. The number of aryl methyl sites for hydroxylation is 1. The molecule has 0 aliphatic rings. The number of halogens is 5. The third-order valence-corrected chi connectivity index (χ3v) is 1.87. The van der Waals surface area contributed by atoms with Crippen LogP contribution in [0.25, 0.3) is 0 Å². The molecule has 0 atom stereocenters. The van der Waals surface area contributed by atoms with Crippen LogP contribution >= 0.6 is 0 Å². The fourth-order valence-electron chi connectivity index (χ4n) is 1.15. The van der Waals surface area contributed by atoms with Gasteiger partial charge in [0.15, 0.2) is 0 Å². The lowest BCUT2D eigenvalue weighted by atomic mass is 9.78. The number of hydrogen-bond acceptors (Lipinski definition) is 0. The van der Waals surface area contributed by atoms with E-state index in [1.807, 2.05) is 0 Å². The van der Waals surface area contributed by atoms with E-state index in [-0.39, 0.29) is 5.56 Å². The quantitative estimate of drug-likeness (QED) is 0.518. The molecule has 0 saturated heterocycles. The van der Waals surface area contributed by atoms with Crippen molar-refractivity contribution in [3.8, 4) is 0 Å². The smallest absolute Gasteiger partial charge is 0.445 e. The third-order valence-electron chi connectivity index (χ3n) is 1.87. The van der Waals surface area contributed by atoms with Crippen molar-refractivity contribution >= 4 is 12.4 Å². The van der Waals surface area contributed by atoms with Crippen LogP contribution in [0.1, 0.15) is 12.5 Å². The Kier molecular flexibility index (Phi) is 2.82. The van der Waals surface area contributed by atoms with Crippen molar-refractivity contribution in [2.75, 3.05) is 0 Å². The van der Waals surface area contributed by atoms with Crippen LogP contribution in [-0.4, -0.2) is 6.98 Å². The van der Waals surface area contributed by atoms with Gasteiger partial charge in [-0.3, -0.25) is 0 Å². The van der Waals surface area contributed by atoms with Gasteiger partial charge in [-0.05, 0) is 29.6 Å². The van der Waals surface area contributed by atoms with Crippen LogP contribution in [0.3, 0.4) is 0 Å². The summed E-state index contributed by atoms with van der Waals surface area (Å²) in [7, 11) is 0. The van der Waals surface area contributed by atoms with Crippen LogP contribution < -0.4 is 5.46 Å². The minimum absolute atomic E-state index is 0.212. The molecule has 6 heteroatoms. The van der Waals surface area contributed by atoms with Gasteiger partial charge in [0.1, 0.15) is 0 Å². The summed E-state index contributed by atoms with van der Waals surface area (Å²) < 4.78 is 62.1. The summed E-state index contributed by atoms with van der Waals surface area (Å²) in [6, 6.07) is 1.43. The molecule has 0 aliphatic carbocycles. The van der Waals surface area contributed by atoms with Crippen molar-refractivity contribution < 1.29 is 21.7 Å². The highest BCUT2D eigenvalue weighted by Crippen LogP contribution is 2.16. The maximum absolute atomic E-state index is 12.8. The van der Waals surface area contributed by atoms with Gasteiger partial charge in [0.05, 0.1) is 11.6 Å². The lowest BCUT2D eigenvalue weighted by molar-refractivity contribution is 0.484. The maximum atomic E-state index is 12.8. The van der Waals surface area contributed by atoms with Gasteiger partial charge < -0.3 is 12.9 Å². The van der Waals surface area contributed by atoms with E-state index >= 15 is 0 Å². The highest BCUT2D eigenvalue weighted by Gasteiger charge is 2.32. The lowest BCUT2D eigenvalue weighted by Crippen LogP contribution is -2.39. The van der Waals surface area contributed by atoms with Crippen molar-refractivity contribution in [3.63, 3.8) is 0 Å². The molecule has 0 heterocycles. The first-order valence-corrected chi connectivity index (χ1v) is 4.04. The molecule has 0 radical (unpaired) electrons. The molecule has 0 N–H and O–H groups in total. The first-order chi connectivity index (χ1) is 6.36. The minimum Gasteiger partial charge on any atom is -0.445 e. The van der Waals surface area contributed by atoms with E-state index in [0.29, 0.717) is 18.6 Å². The average Bonchev–Trinajstić information content (AvgIpc) is 1.99. The SMILES string of the molecule is CCc1cc(F)c([B-](F)(F)F)c(F)c1. The first kappa shape index (κ1) is 11.0. The molecule has 0 nitrogen and oxygen atoms in total. The lowest BCUT2D eigenvalue weighted by Gasteiger charge is -2.17. The van der Waals surface area contributed by atoms with Crippen LogP contribution in [0.4, 0.5) is 21.7 Å². The van der Waals surface area contributed by atoms with Gasteiger partial charge in [-0.15, -0.1) is 0 Å². The normalized spacial score (nSPS) is 11.9. The summed E-state index contributed by atoms with van der Waals surface area (Å²) in [5.41, 5.74) is -1.55. The summed E-state index contributed by atoms with van der Waals surface area (Å²) in [6.45, 7) is -4.02. The molecule has 0 fully saturated rings. The topological polar surface area (TPSA) is 0 Å². The van der Waals surface area contributed by atoms with E-state index in [1.54, 1.807) is 6.92 Å². The van der Waals surface area contributed by atoms with Crippen molar-refractivity contribution in [1.29, 1.82) is 0 Å². The molecule has 0 aliphatic heterocycles. The molecule has 0 unspecified atom stereocenters. The van der Waals surface area contributed by atoms with Gasteiger partial charge in [0, 0.05) is 0 Å². The highest BCUT2D eigenvalue weighted by molar-refractivity contribution is 6.73. The Hall–Kier alpha value is -1.07. The van der Waals surface area contributed by atoms with Crippen LogP contribution in [0.2, 0.25) is 0 Å². The zero-order valence-electron chi connectivity index (χ0n) is 7.33. The molecule has 0 aromatic heterocycles. The maximum Gasteiger partial charge on any atom is 0.515 e. The summed E-state index contributed by atoms with van der Waals surface area (Å²) in [6.07, 6.45) is 0.291. The molecular weight excluding hydrogens is 202 g/mol. The number of rotatable bonds is 2. The second-order valence-corrected chi connectivity index (χ2v) is 2.90. The third kappa shape index (κ3) is 2.05. The van der Waals surface area contributed by atoms with Gasteiger partial charge >= 0.3 is 6.98 Å². The molecule has 0 spiro atoms. The van der Waals surface area contributed by atoms with Crippen molar-refractivity contribution in [1.82, 2.24) is 0 Å². The van der Waals surface area contributed by atoms with Gasteiger partial charge in [-0.25, -0.2) is 8.78 Å². The Morgan fingerprint density at radius 2 is 1.50 bits per heavy atom. The average molecular weight is 209 g/mol. The molecule has 1 aromatic rings. The molecule has 0 saturated carbocycles. The Labute approximate surface area is 77.8 Å². The number of hydrogen-bond donors (Lipinski definition) is 0. The minimum atomic E-state index is -5.63. The summed E-state index contributed by atoms with van der Waals surface area (Å²) in [4.78, 5) is 0. The van der Waals surface area contributed by atoms with Crippen molar-refractivity contribution in [3.05, 3.63) is 29.3 Å². The molecule has 14 heavy (non-hydrogen) atoms. The fourth-order valence-corrected chi connectivity index (χ4v) is 1.15. The molecule has 0 amide bonds. The summed E-state index contributed by atoms with van der Waals surface area (Å²) >= 11 is 0. The van der Waals surface area contributed by atoms with Crippen LogP contribution in [0.5, 0.6) is 0 Å². The van der Waals surface area contributed by atoms with Crippen LogP contribution in [0.15, 0.2) is 12.1 Å². The second-order valence-electron chi connectivity index (χ2n) is 2.90. The van der Waals surface area contributed by atoms with Crippen LogP contribution in [-0.2, 0) is 6.42 Å². The van der Waals surface area contributed by atoms with Gasteiger partial charge in [-0.2, -0.15) is 0 Å². The van der Waals surface area contributed by atoms with E-state index in [9.17, 15) is 21.7 Å². The molecule has 0 bridgehead atoms. The molecule has 78 valence electrons. The highest BCUT2D eigenvalue weighted by atomic mass is 19.4. The predicted octanol–water partition coefficient (Wildman–Crippen LogP) is 2.58. The Morgan fingerprint density at radius 1 is 1.07 bits per heavy atom. The predicted molar refractivity (Wildman–Crippen MR) is 44.4 cm³/mol. The van der Waals surface area contributed by atoms with E-state index < -0.39 is 24.1 Å². The van der Waals surface area contributed by atoms with Gasteiger partial charge in [-0.1, -0.05) is 6.92 Å². The van der Waals surface area contributed by atoms with Gasteiger partial charge in [0.25, 0.3) is 0 Å². The first-order valence-electron chi connectivity index (χ1n) is 4.04. The Balaban J connectivity index is 3.33. The molecular formula is C8H7BF5-. The summed E-state index contributed by atoms with van der Waals surface area (Å²) in [5, 5.41) is 0. The molecule has 1 aromatic carbocycles. The zero-order valence-corrected chi connectivity index (χ0v) is 7.33. The summed E-state index contributed by atoms with van der Waals surface area (Å²) in [5.74, 6) is -3.07. The molecule has 1 rings (SSSR count). The standard InChI is InChI=1S/C8H7BF5/c1-2-5-3-6(10)8(7(11)4-5)9(12,13)14/h3-4H,2H2,1H3/q-1. The fraction of sp³-hybridized carbons (Fsp3) is 0.250.